The Kier molecular flexibility index (Phi) is 3.76. The Morgan fingerprint density at radius 3 is 2.94 bits per heavy atom. The van der Waals surface area contributed by atoms with Crippen molar-refractivity contribution in [3.63, 3.8) is 0 Å². The van der Waals surface area contributed by atoms with E-state index >= 15 is 0 Å². The maximum atomic E-state index is 11.6. The van der Waals surface area contributed by atoms with Gasteiger partial charge in [0.15, 0.2) is 6.10 Å². The summed E-state index contributed by atoms with van der Waals surface area (Å²) in [5.74, 6) is 0.942. The van der Waals surface area contributed by atoms with Crippen LogP contribution >= 0.6 is 0 Å². The number of aliphatic hydroxyl groups excluding tert-OH is 1. The normalized spacial score (nSPS) is 38.5. The third-order valence-electron chi connectivity index (χ3n) is 4.93. The molecule has 4 atom stereocenters. The Bertz CT molecular complexity index is 289. The third kappa shape index (κ3) is 2.35. The average Bonchev–Trinajstić information content (AvgIpc) is 2.36. The van der Waals surface area contributed by atoms with Gasteiger partial charge in [-0.25, -0.2) is 4.79 Å². The number of methoxy groups -OCH3 is 1. The Balaban J connectivity index is 2.17. The van der Waals surface area contributed by atoms with E-state index < -0.39 is 12.1 Å². The number of hydrogen-bond acceptors (Lipinski definition) is 3. The summed E-state index contributed by atoms with van der Waals surface area (Å²) in [5, 5.41) is 10.3. The molecule has 2 bridgehead atoms. The van der Waals surface area contributed by atoms with Crippen LogP contribution in [0.2, 0.25) is 0 Å². The molecule has 0 heterocycles. The van der Waals surface area contributed by atoms with E-state index in [0.29, 0.717) is 11.8 Å². The maximum Gasteiger partial charge on any atom is 0.335 e. The van der Waals surface area contributed by atoms with Crippen LogP contribution < -0.4 is 0 Å². The molecule has 17 heavy (non-hydrogen) atoms. The highest BCUT2D eigenvalue weighted by molar-refractivity contribution is 5.75. The van der Waals surface area contributed by atoms with Gasteiger partial charge in [-0.15, -0.1) is 0 Å². The van der Waals surface area contributed by atoms with Crippen molar-refractivity contribution in [1.29, 1.82) is 0 Å². The molecule has 1 N–H and O–H groups in total. The minimum absolute atomic E-state index is 0.186. The van der Waals surface area contributed by atoms with Crippen LogP contribution in [0, 0.1) is 17.3 Å². The van der Waals surface area contributed by atoms with Crippen LogP contribution in [0.3, 0.4) is 0 Å². The van der Waals surface area contributed by atoms with Crippen molar-refractivity contribution < 1.29 is 14.6 Å². The number of hydrogen-bond donors (Lipinski definition) is 1. The van der Waals surface area contributed by atoms with E-state index in [4.69, 9.17) is 4.74 Å². The fraction of sp³-hybridized carbons (Fsp3) is 0.929. The zero-order valence-electron chi connectivity index (χ0n) is 10.9. The predicted molar refractivity (Wildman–Crippen MR) is 65.4 cm³/mol. The molecule has 0 spiro atoms. The van der Waals surface area contributed by atoms with Gasteiger partial charge >= 0.3 is 5.97 Å². The van der Waals surface area contributed by atoms with Crippen LogP contribution in [0.25, 0.3) is 0 Å². The first-order valence-corrected chi connectivity index (χ1v) is 6.87. The number of aliphatic hydroxyl groups is 1. The highest BCUT2D eigenvalue weighted by Crippen LogP contribution is 2.53. The van der Waals surface area contributed by atoms with E-state index in [1.807, 2.05) is 0 Å². The molecule has 3 heteroatoms. The molecule has 0 saturated heterocycles. The Morgan fingerprint density at radius 1 is 1.53 bits per heavy atom. The summed E-state index contributed by atoms with van der Waals surface area (Å²) in [6, 6.07) is 0. The standard InChI is InChI=1S/C14H24O3/c1-3-10-7-11-5-4-6-14(8-10,9-11)12(15)13(16)17-2/h10-12,15H,3-9H2,1-2H3. The van der Waals surface area contributed by atoms with Crippen molar-refractivity contribution in [3.8, 4) is 0 Å². The van der Waals surface area contributed by atoms with Gasteiger partial charge < -0.3 is 9.84 Å². The van der Waals surface area contributed by atoms with E-state index in [2.05, 4.69) is 6.92 Å². The summed E-state index contributed by atoms with van der Waals surface area (Å²) >= 11 is 0. The van der Waals surface area contributed by atoms with Gasteiger partial charge in [0.2, 0.25) is 0 Å². The minimum Gasteiger partial charge on any atom is -0.467 e. The lowest BCUT2D eigenvalue weighted by Gasteiger charge is -2.49. The first kappa shape index (κ1) is 12.9. The van der Waals surface area contributed by atoms with Crippen LogP contribution in [0.5, 0.6) is 0 Å². The van der Waals surface area contributed by atoms with Gasteiger partial charge in [-0.3, -0.25) is 0 Å². The topological polar surface area (TPSA) is 46.5 Å². The second-order valence-corrected chi connectivity index (χ2v) is 5.96. The van der Waals surface area contributed by atoms with Crippen molar-refractivity contribution in [2.45, 2.75) is 58.0 Å². The van der Waals surface area contributed by atoms with E-state index in [9.17, 15) is 9.90 Å². The van der Waals surface area contributed by atoms with Crippen LogP contribution in [0.15, 0.2) is 0 Å². The molecule has 98 valence electrons. The SMILES string of the molecule is CCC1CC2CCCC(C(O)C(=O)OC)(C1)C2. The third-order valence-corrected chi connectivity index (χ3v) is 4.93. The van der Waals surface area contributed by atoms with Crippen LogP contribution in [-0.2, 0) is 9.53 Å². The monoisotopic (exact) mass is 240 g/mol. The van der Waals surface area contributed by atoms with Gasteiger partial charge in [0, 0.05) is 5.41 Å². The molecule has 2 saturated carbocycles. The molecule has 0 aromatic heterocycles. The quantitative estimate of drug-likeness (QED) is 0.771. The lowest BCUT2D eigenvalue weighted by Crippen LogP contribution is -2.48. The fourth-order valence-electron chi connectivity index (χ4n) is 4.07. The first-order valence-electron chi connectivity index (χ1n) is 6.87. The lowest BCUT2D eigenvalue weighted by atomic mass is 9.56. The Labute approximate surface area is 104 Å². The number of ether oxygens (including phenoxy) is 1. The van der Waals surface area contributed by atoms with E-state index in [0.717, 1.165) is 32.1 Å². The lowest BCUT2D eigenvalue weighted by molar-refractivity contribution is -0.165. The number of carbonyl (C=O) groups is 1. The second kappa shape index (κ2) is 4.97. The van der Waals surface area contributed by atoms with Crippen molar-refractivity contribution in [2.24, 2.45) is 17.3 Å². The first-order chi connectivity index (χ1) is 8.11. The molecule has 4 unspecified atom stereocenters. The van der Waals surface area contributed by atoms with Gasteiger partial charge in [0.25, 0.3) is 0 Å². The van der Waals surface area contributed by atoms with Gasteiger partial charge in [0.05, 0.1) is 7.11 Å². The predicted octanol–water partition coefficient (Wildman–Crippen LogP) is 2.52. The van der Waals surface area contributed by atoms with E-state index in [-0.39, 0.29) is 5.41 Å². The van der Waals surface area contributed by atoms with Gasteiger partial charge in [0.1, 0.15) is 0 Å². The van der Waals surface area contributed by atoms with Crippen molar-refractivity contribution in [3.05, 3.63) is 0 Å². The number of esters is 1. The maximum absolute atomic E-state index is 11.6. The molecule has 0 amide bonds. The molecule has 0 aromatic rings. The summed E-state index contributed by atoms with van der Waals surface area (Å²) < 4.78 is 4.73. The molecule has 0 radical (unpaired) electrons. The number of fused-ring (bicyclic) bond motifs is 2. The molecule has 0 aromatic carbocycles. The molecule has 2 rings (SSSR count). The Hall–Kier alpha value is -0.570. The van der Waals surface area contributed by atoms with E-state index in [1.54, 1.807) is 0 Å². The van der Waals surface area contributed by atoms with Gasteiger partial charge in [-0.05, 0) is 37.5 Å². The van der Waals surface area contributed by atoms with Crippen LogP contribution in [-0.4, -0.2) is 24.3 Å². The number of carbonyl (C=O) groups excluding carboxylic acids is 1. The van der Waals surface area contributed by atoms with Crippen molar-refractivity contribution >= 4 is 5.97 Å². The summed E-state index contributed by atoms with van der Waals surface area (Å²) in [6.45, 7) is 2.21. The summed E-state index contributed by atoms with van der Waals surface area (Å²) in [5.41, 5.74) is -0.186. The van der Waals surface area contributed by atoms with Gasteiger partial charge in [-0.1, -0.05) is 26.2 Å². The molecule has 0 aliphatic heterocycles. The molecule has 2 aliphatic carbocycles. The van der Waals surface area contributed by atoms with Crippen LogP contribution in [0.1, 0.15) is 51.9 Å². The molecular formula is C14H24O3. The highest BCUT2D eigenvalue weighted by Gasteiger charge is 2.49. The summed E-state index contributed by atoms with van der Waals surface area (Å²) in [7, 11) is 1.36. The molecule has 2 fully saturated rings. The van der Waals surface area contributed by atoms with Crippen molar-refractivity contribution in [1.82, 2.24) is 0 Å². The largest absolute Gasteiger partial charge is 0.467 e. The molecule has 3 nitrogen and oxygen atoms in total. The van der Waals surface area contributed by atoms with E-state index in [1.165, 1.54) is 20.0 Å². The smallest absolute Gasteiger partial charge is 0.335 e. The second-order valence-electron chi connectivity index (χ2n) is 5.96. The number of rotatable bonds is 3. The van der Waals surface area contributed by atoms with Crippen molar-refractivity contribution in [2.75, 3.05) is 7.11 Å². The van der Waals surface area contributed by atoms with Gasteiger partial charge in [-0.2, -0.15) is 0 Å². The summed E-state index contributed by atoms with van der Waals surface area (Å²) in [4.78, 5) is 11.6. The highest BCUT2D eigenvalue weighted by atomic mass is 16.5. The summed E-state index contributed by atoms with van der Waals surface area (Å²) in [6.07, 6.45) is 6.94. The average molecular weight is 240 g/mol. The fourth-order valence-corrected chi connectivity index (χ4v) is 4.07. The van der Waals surface area contributed by atoms with Crippen LogP contribution in [0.4, 0.5) is 0 Å². The molecule has 2 aliphatic rings. The Morgan fingerprint density at radius 2 is 2.29 bits per heavy atom. The zero-order valence-corrected chi connectivity index (χ0v) is 10.9. The zero-order chi connectivity index (χ0) is 12.5. The minimum atomic E-state index is -0.912. The molecular weight excluding hydrogens is 216 g/mol.